The summed E-state index contributed by atoms with van der Waals surface area (Å²) in [6.07, 6.45) is 5.77. The average Bonchev–Trinajstić information content (AvgIpc) is 3.17. The molecule has 1 N–H and O–H groups in total. The molecule has 0 unspecified atom stereocenters. The maximum atomic E-state index is 13.2. The number of hydrazone groups is 1. The van der Waals surface area contributed by atoms with Crippen LogP contribution in [0, 0.1) is 0 Å². The highest BCUT2D eigenvalue weighted by molar-refractivity contribution is 5.99. The number of allylic oxidation sites excluding steroid dienone is 2. The van der Waals surface area contributed by atoms with Crippen molar-refractivity contribution in [3.63, 3.8) is 0 Å². The third-order valence-electron chi connectivity index (χ3n) is 6.50. The standard InChI is InChI=1S/C27H37N9O2/c1-7-9-23(31-35(19-37)27(3,4)5)36-24-22(25(38)34(36)8-2)18-28-26(30-24)29-20-10-12-21(13-11-20)33-16-14-32(6)15-17-33/h7,9-13,18-19H,8,14-17H2,1-6H3,(H,28,29,30)/b9-7-,31-23+. The Kier molecular flexibility index (Phi) is 7.96. The van der Waals surface area contributed by atoms with Crippen molar-refractivity contribution in [2.45, 2.75) is 46.7 Å². The summed E-state index contributed by atoms with van der Waals surface area (Å²) in [5, 5.41) is 9.54. The van der Waals surface area contributed by atoms with Gasteiger partial charge in [0.05, 0.1) is 5.54 Å². The van der Waals surface area contributed by atoms with Gasteiger partial charge < -0.3 is 15.1 Å². The quantitative estimate of drug-likeness (QED) is 0.221. The predicted molar refractivity (Wildman–Crippen MR) is 152 cm³/mol. The van der Waals surface area contributed by atoms with Gasteiger partial charge in [-0.05, 0) is 72.0 Å². The van der Waals surface area contributed by atoms with Crippen molar-refractivity contribution >= 4 is 40.6 Å². The second-order valence-electron chi connectivity index (χ2n) is 10.3. The number of carbonyl (C=O) groups excluding carboxylic acids is 1. The fraction of sp³-hybridized carbons (Fsp3) is 0.444. The van der Waals surface area contributed by atoms with E-state index < -0.39 is 5.54 Å². The van der Waals surface area contributed by atoms with Crippen molar-refractivity contribution in [1.29, 1.82) is 0 Å². The second-order valence-corrected chi connectivity index (χ2v) is 10.3. The van der Waals surface area contributed by atoms with Crippen LogP contribution in [0.25, 0.3) is 11.0 Å². The summed E-state index contributed by atoms with van der Waals surface area (Å²) in [7, 11) is 2.14. The molecule has 0 bridgehead atoms. The number of rotatable bonds is 7. The molecule has 0 aliphatic carbocycles. The Morgan fingerprint density at radius 3 is 2.42 bits per heavy atom. The Morgan fingerprint density at radius 2 is 1.84 bits per heavy atom. The van der Waals surface area contributed by atoms with Crippen molar-refractivity contribution in [1.82, 2.24) is 29.2 Å². The average molecular weight is 520 g/mol. The molecular formula is C27H37N9O2. The van der Waals surface area contributed by atoms with Crippen molar-refractivity contribution in [3.8, 4) is 0 Å². The van der Waals surface area contributed by atoms with Crippen molar-refractivity contribution in [2.75, 3.05) is 43.4 Å². The van der Waals surface area contributed by atoms with Crippen molar-refractivity contribution in [3.05, 3.63) is 53.0 Å². The van der Waals surface area contributed by atoms with Gasteiger partial charge in [-0.1, -0.05) is 6.08 Å². The molecule has 11 heteroatoms. The summed E-state index contributed by atoms with van der Waals surface area (Å²) in [5.74, 6) is 0.749. The molecule has 38 heavy (non-hydrogen) atoms. The highest BCUT2D eigenvalue weighted by atomic mass is 16.1. The number of amides is 1. The van der Waals surface area contributed by atoms with E-state index in [0.717, 1.165) is 31.9 Å². The van der Waals surface area contributed by atoms with Gasteiger partial charge in [0, 0.05) is 50.3 Å². The molecule has 1 amide bonds. The number of aromatic nitrogens is 4. The molecule has 3 aromatic rings. The third-order valence-corrected chi connectivity index (χ3v) is 6.50. The van der Waals surface area contributed by atoms with E-state index in [4.69, 9.17) is 4.98 Å². The zero-order valence-corrected chi connectivity index (χ0v) is 23.0. The molecule has 11 nitrogen and oxygen atoms in total. The van der Waals surface area contributed by atoms with E-state index in [1.807, 2.05) is 52.8 Å². The van der Waals surface area contributed by atoms with Crippen LogP contribution < -0.4 is 15.8 Å². The van der Waals surface area contributed by atoms with Crippen LogP contribution in [-0.2, 0) is 11.3 Å². The molecule has 4 rings (SSSR count). The van der Waals surface area contributed by atoms with Gasteiger partial charge in [0.15, 0.2) is 11.5 Å². The minimum atomic E-state index is -0.549. The normalized spacial score (nSPS) is 15.4. The van der Waals surface area contributed by atoms with Crippen LogP contribution in [0.5, 0.6) is 0 Å². The van der Waals surface area contributed by atoms with Gasteiger partial charge in [0.25, 0.3) is 5.56 Å². The van der Waals surface area contributed by atoms with Crippen LogP contribution in [0.4, 0.5) is 17.3 Å². The van der Waals surface area contributed by atoms with E-state index in [2.05, 4.69) is 44.4 Å². The Balaban J connectivity index is 1.71. The van der Waals surface area contributed by atoms with E-state index in [9.17, 15) is 9.59 Å². The van der Waals surface area contributed by atoms with Gasteiger partial charge in [-0.2, -0.15) is 4.98 Å². The first-order valence-corrected chi connectivity index (χ1v) is 12.9. The lowest BCUT2D eigenvalue weighted by Crippen LogP contribution is -2.44. The number of anilines is 3. The number of nitrogens with zero attached hydrogens (tertiary/aromatic N) is 8. The first-order valence-electron chi connectivity index (χ1n) is 12.9. The fourth-order valence-corrected chi connectivity index (χ4v) is 4.29. The van der Waals surface area contributed by atoms with Crippen LogP contribution in [0.2, 0.25) is 0 Å². The minimum Gasteiger partial charge on any atom is -0.369 e. The molecule has 3 heterocycles. The van der Waals surface area contributed by atoms with E-state index in [0.29, 0.717) is 35.8 Å². The third kappa shape index (κ3) is 5.62. The van der Waals surface area contributed by atoms with Crippen molar-refractivity contribution < 1.29 is 4.79 Å². The number of nitrogens with one attached hydrogen (secondary N) is 1. The first-order chi connectivity index (χ1) is 18.2. The Hall–Kier alpha value is -3.99. The number of piperazine rings is 1. The molecule has 0 radical (unpaired) electrons. The lowest BCUT2D eigenvalue weighted by molar-refractivity contribution is -0.122. The minimum absolute atomic E-state index is 0.226. The zero-order chi connectivity index (χ0) is 27.4. The topological polar surface area (TPSA) is 104 Å². The van der Waals surface area contributed by atoms with Crippen molar-refractivity contribution in [2.24, 2.45) is 5.10 Å². The maximum Gasteiger partial charge on any atom is 0.278 e. The second kappa shape index (κ2) is 11.2. The van der Waals surface area contributed by atoms with Gasteiger partial charge >= 0.3 is 0 Å². The molecule has 0 atom stereocenters. The Labute approximate surface area is 223 Å². The van der Waals surface area contributed by atoms with Gasteiger partial charge in [0.2, 0.25) is 12.4 Å². The molecule has 0 spiro atoms. The molecule has 1 aromatic carbocycles. The Bertz CT molecular complexity index is 1390. The van der Waals surface area contributed by atoms with Gasteiger partial charge in [-0.3, -0.25) is 9.59 Å². The van der Waals surface area contributed by atoms with E-state index in [1.54, 1.807) is 15.4 Å². The zero-order valence-electron chi connectivity index (χ0n) is 23.0. The van der Waals surface area contributed by atoms with E-state index in [-0.39, 0.29) is 5.56 Å². The first kappa shape index (κ1) is 27.1. The number of fused-ring (bicyclic) bond motifs is 1. The van der Waals surface area contributed by atoms with Crippen LogP contribution >= 0.6 is 0 Å². The molecule has 1 aliphatic heterocycles. The summed E-state index contributed by atoms with van der Waals surface area (Å²) in [6, 6.07) is 8.19. The molecule has 1 saturated heterocycles. The van der Waals surface area contributed by atoms with Crippen LogP contribution in [0.3, 0.4) is 0 Å². The SMILES string of the molecule is C/C=C\C(=N/N(C=O)C(C)(C)C)n1c2nc(Nc3ccc(N4CCN(C)CC4)cc3)ncc2c(=O)n1CC. The van der Waals surface area contributed by atoms with Gasteiger partial charge in [0.1, 0.15) is 5.39 Å². The van der Waals surface area contributed by atoms with Gasteiger partial charge in [-0.25, -0.2) is 19.4 Å². The molecule has 0 saturated carbocycles. The largest absolute Gasteiger partial charge is 0.369 e. The summed E-state index contributed by atoms with van der Waals surface area (Å²) < 4.78 is 3.18. The molecular weight excluding hydrogens is 482 g/mol. The summed E-state index contributed by atoms with van der Waals surface area (Å²) >= 11 is 0. The van der Waals surface area contributed by atoms with Crippen LogP contribution in [0.1, 0.15) is 34.6 Å². The molecule has 1 aliphatic rings. The summed E-state index contributed by atoms with van der Waals surface area (Å²) in [5.41, 5.74) is 1.65. The lowest BCUT2D eigenvalue weighted by atomic mass is 10.1. The number of hydrogen-bond acceptors (Lipinski definition) is 8. The number of carbonyl (C=O) groups is 1. The number of benzene rings is 1. The highest BCUT2D eigenvalue weighted by Crippen LogP contribution is 2.22. The number of likely N-dealkylation sites (N-methyl/N-ethyl adjacent to an activating group) is 1. The monoisotopic (exact) mass is 519 g/mol. The molecule has 1 fully saturated rings. The van der Waals surface area contributed by atoms with Crippen LogP contribution in [-0.4, -0.2) is 80.3 Å². The highest BCUT2D eigenvalue weighted by Gasteiger charge is 2.23. The summed E-state index contributed by atoms with van der Waals surface area (Å²) in [4.78, 5) is 38.8. The van der Waals surface area contributed by atoms with Gasteiger partial charge in [-0.15, -0.1) is 5.10 Å². The Morgan fingerprint density at radius 1 is 1.16 bits per heavy atom. The number of hydrogen-bond donors (Lipinski definition) is 1. The molecule has 2 aromatic heterocycles. The summed E-state index contributed by atoms with van der Waals surface area (Å²) in [6.45, 7) is 13.9. The fourth-order valence-electron chi connectivity index (χ4n) is 4.29. The predicted octanol–water partition coefficient (Wildman–Crippen LogP) is 3.10. The lowest BCUT2D eigenvalue weighted by Gasteiger charge is -2.34. The molecule has 202 valence electrons. The smallest absolute Gasteiger partial charge is 0.278 e. The van der Waals surface area contributed by atoms with E-state index >= 15 is 0 Å². The maximum absolute atomic E-state index is 13.2. The van der Waals surface area contributed by atoms with Crippen LogP contribution in [0.15, 0.2) is 52.5 Å². The van der Waals surface area contributed by atoms with E-state index in [1.165, 1.54) is 16.9 Å².